The predicted octanol–water partition coefficient (Wildman–Crippen LogP) is 2.74. The number of carbonyl (C=O) groups excluding carboxylic acids is 1. The third-order valence-electron chi connectivity index (χ3n) is 4.35. The van der Waals surface area contributed by atoms with Crippen molar-refractivity contribution in [1.29, 1.82) is 0 Å². The zero-order valence-electron chi connectivity index (χ0n) is 14.9. The zero-order valence-corrected chi connectivity index (χ0v) is 14.9. The highest BCUT2D eigenvalue weighted by molar-refractivity contribution is 5.89. The molecule has 0 spiro atoms. The molecule has 1 amide bonds. The number of hydrogen-bond donors (Lipinski definition) is 2. The molecule has 0 bridgehead atoms. The number of aromatic hydroxyl groups is 1. The molecule has 29 heavy (non-hydrogen) atoms. The van der Waals surface area contributed by atoms with E-state index in [2.05, 4.69) is 10.5 Å². The summed E-state index contributed by atoms with van der Waals surface area (Å²) in [4.78, 5) is 22.8. The van der Waals surface area contributed by atoms with Crippen LogP contribution in [0, 0.1) is 10.1 Å². The maximum absolute atomic E-state index is 12.3. The molecule has 0 saturated heterocycles. The van der Waals surface area contributed by atoms with Gasteiger partial charge in [0.15, 0.2) is 11.5 Å². The number of phenols is 1. The molecule has 146 valence electrons. The van der Waals surface area contributed by atoms with E-state index in [1.165, 1.54) is 12.1 Å². The third-order valence-corrected chi connectivity index (χ3v) is 4.35. The molecule has 2 N–H and O–H groups in total. The van der Waals surface area contributed by atoms with Gasteiger partial charge >= 0.3 is 0 Å². The first-order valence-corrected chi connectivity index (χ1v) is 8.64. The molecular weight excluding hydrogens is 378 g/mol. The molecule has 0 unspecified atom stereocenters. The molecule has 1 aliphatic heterocycles. The van der Waals surface area contributed by atoms with Crippen molar-refractivity contribution in [1.82, 2.24) is 5.43 Å². The summed E-state index contributed by atoms with van der Waals surface area (Å²) in [6, 6.07) is 14.9. The van der Waals surface area contributed by atoms with Crippen LogP contribution in [0.15, 0.2) is 59.7 Å². The number of amides is 1. The van der Waals surface area contributed by atoms with Crippen LogP contribution in [0.5, 0.6) is 17.2 Å². The average molecular weight is 393 g/mol. The van der Waals surface area contributed by atoms with Crippen LogP contribution in [0.25, 0.3) is 10.8 Å². The van der Waals surface area contributed by atoms with Crippen LogP contribution >= 0.6 is 0 Å². The number of nitrogens with one attached hydrogen (secondary N) is 1. The van der Waals surface area contributed by atoms with E-state index < -0.39 is 16.9 Å². The van der Waals surface area contributed by atoms with Crippen molar-refractivity contribution in [3.8, 4) is 17.2 Å². The molecule has 1 atom stereocenters. The fourth-order valence-electron chi connectivity index (χ4n) is 2.93. The van der Waals surface area contributed by atoms with Gasteiger partial charge in [0.25, 0.3) is 11.6 Å². The SMILES string of the molecule is O=C(N/N=C/c1cc(O)ccc1[N+](=O)[O-])[C@H]1COc2cc3ccccc3cc2O1. The molecule has 3 aromatic carbocycles. The lowest BCUT2D eigenvalue weighted by atomic mass is 10.1. The van der Waals surface area contributed by atoms with Crippen molar-refractivity contribution in [3.63, 3.8) is 0 Å². The zero-order chi connectivity index (χ0) is 20.4. The maximum Gasteiger partial charge on any atom is 0.284 e. The van der Waals surface area contributed by atoms with Crippen LogP contribution in [0.3, 0.4) is 0 Å². The Labute approximate surface area is 164 Å². The number of fused-ring (bicyclic) bond motifs is 2. The first-order chi connectivity index (χ1) is 14.0. The second-order valence-corrected chi connectivity index (χ2v) is 6.30. The normalized spacial score (nSPS) is 15.4. The highest BCUT2D eigenvalue weighted by atomic mass is 16.6. The molecule has 0 saturated carbocycles. The summed E-state index contributed by atoms with van der Waals surface area (Å²) in [5, 5.41) is 26.2. The summed E-state index contributed by atoms with van der Waals surface area (Å²) in [6.45, 7) is -0.00103. The van der Waals surface area contributed by atoms with E-state index in [0.717, 1.165) is 23.1 Å². The summed E-state index contributed by atoms with van der Waals surface area (Å²) in [7, 11) is 0. The number of benzene rings is 3. The fraction of sp³-hybridized carbons (Fsp3) is 0.100. The van der Waals surface area contributed by atoms with Crippen molar-refractivity contribution in [2.75, 3.05) is 6.61 Å². The smallest absolute Gasteiger partial charge is 0.284 e. The van der Waals surface area contributed by atoms with Crippen LogP contribution in [0.1, 0.15) is 5.56 Å². The van der Waals surface area contributed by atoms with Gasteiger partial charge in [-0.2, -0.15) is 5.10 Å². The van der Waals surface area contributed by atoms with Gasteiger partial charge in [-0.05, 0) is 35.0 Å². The molecular formula is C20H15N3O6. The Kier molecular flexibility index (Phi) is 4.70. The molecule has 1 heterocycles. The highest BCUT2D eigenvalue weighted by Crippen LogP contribution is 2.35. The van der Waals surface area contributed by atoms with Crippen molar-refractivity contribution >= 4 is 28.6 Å². The molecule has 0 aromatic heterocycles. The summed E-state index contributed by atoms with van der Waals surface area (Å²) >= 11 is 0. The fourth-order valence-corrected chi connectivity index (χ4v) is 2.93. The van der Waals surface area contributed by atoms with Gasteiger partial charge in [-0.1, -0.05) is 24.3 Å². The Balaban J connectivity index is 1.46. The van der Waals surface area contributed by atoms with Gasteiger partial charge in [0, 0.05) is 6.07 Å². The first-order valence-electron chi connectivity index (χ1n) is 8.64. The largest absolute Gasteiger partial charge is 0.508 e. The second-order valence-electron chi connectivity index (χ2n) is 6.30. The molecule has 3 aromatic rings. The van der Waals surface area contributed by atoms with Crippen molar-refractivity contribution in [3.05, 3.63) is 70.3 Å². The summed E-state index contributed by atoms with van der Waals surface area (Å²) < 4.78 is 11.4. The van der Waals surface area contributed by atoms with Crippen LogP contribution in [0.4, 0.5) is 5.69 Å². The Morgan fingerprint density at radius 2 is 1.90 bits per heavy atom. The van der Waals surface area contributed by atoms with Gasteiger partial charge in [-0.25, -0.2) is 5.43 Å². The molecule has 1 aliphatic rings. The highest BCUT2D eigenvalue weighted by Gasteiger charge is 2.27. The Bertz CT molecular complexity index is 1140. The molecule has 9 heteroatoms. The number of rotatable bonds is 4. The van der Waals surface area contributed by atoms with E-state index in [1.807, 2.05) is 30.3 Å². The van der Waals surface area contributed by atoms with E-state index in [-0.39, 0.29) is 23.6 Å². The van der Waals surface area contributed by atoms with Crippen molar-refractivity contribution in [2.24, 2.45) is 5.10 Å². The van der Waals surface area contributed by atoms with Gasteiger partial charge in [0.2, 0.25) is 6.10 Å². The molecule has 0 radical (unpaired) electrons. The Morgan fingerprint density at radius 3 is 2.62 bits per heavy atom. The summed E-state index contributed by atoms with van der Waals surface area (Å²) in [5.41, 5.74) is 2.07. The number of ether oxygens (including phenoxy) is 2. The predicted molar refractivity (Wildman–Crippen MR) is 104 cm³/mol. The average Bonchev–Trinajstić information content (AvgIpc) is 2.71. The number of carbonyl (C=O) groups is 1. The number of nitro groups is 1. The topological polar surface area (TPSA) is 123 Å². The van der Waals surface area contributed by atoms with E-state index in [4.69, 9.17) is 9.47 Å². The number of nitro benzene ring substituents is 1. The Morgan fingerprint density at radius 1 is 1.17 bits per heavy atom. The number of hydrogen-bond acceptors (Lipinski definition) is 7. The van der Waals surface area contributed by atoms with Crippen LogP contribution in [-0.2, 0) is 4.79 Å². The number of phenolic OH excluding ortho intramolecular Hbond substituents is 1. The van der Waals surface area contributed by atoms with E-state index >= 15 is 0 Å². The van der Waals surface area contributed by atoms with Crippen LogP contribution in [0.2, 0.25) is 0 Å². The molecule has 0 fully saturated rings. The molecule has 4 rings (SSSR count). The van der Waals surface area contributed by atoms with Crippen molar-refractivity contribution in [2.45, 2.75) is 6.10 Å². The lowest BCUT2D eigenvalue weighted by molar-refractivity contribution is -0.385. The standard InChI is InChI=1S/C20H15N3O6/c24-15-5-6-16(23(26)27)14(7-15)10-21-22-20(25)19-11-28-17-8-12-3-1-2-4-13(12)9-18(17)29-19/h1-10,19,24H,11H2,(H,22,25)/b21-10+/t19-/m1/s1. The monoisotopic (exact) mass is 393 g/mol. The van der Waals surface area contributed by atoms with Gasteiger partial charge < -0.3 is 14.6 Å². The van der Waals surface area contributed by atoms with Gasteiger partial charge in [0.05, 0.1) is 16.7 Å². The van der Waals surface area contributed by atoms with Gasteiger partial charge in [0.1, 0.15) is 12.4 Å². The summed E-state index contributed by atoms with van der Waals surface area (Å²) in [5.74, 6) is 0.272. The minimum Gasteiger partial charge on any atom is -0.508 e. The number of hydrazone groups is 1. The molecule has 9 nitrogen and oxygen atoms in total. The lowest BCUT2D eigenvalue weighted by Gasteiger charge is -2.25. The second kappa shape index (κ2) is 7.47. The lowest BCUT2D eigenvalue weighted by Crippen LogP contribution is -2.42. The first kappa shape index (κ1) is 18.2. The van der Waals surface area contributed by atoms with E-state index in [1.54, 1.807) is 6.07 Å². The maximum atomic E-state index is 12.3. The van der Waals surface area contributed by atoms with E-state index in [0.29, 0.717) is 11.5 Å². The third kappa shape index (κ3) is 3.79. The Hall–Kier alpha value is -4.14. The minimum atomic E-state index is -0.931. The number of nitrogens with zero attached hydrogens (tertiary/aromatic N) is 2. The summed E-state index contributed by atoms with van der Waals surface area (Å²) in [6.07, 6.45) is 0.154. The van der Waals surface area contributed by atoms with E-state index in [9.17, 15) is 20.0 Å². The van der Waals surface area contributed by atoms with Crippen molar-refractivity contribution < 1.29 is 24.3 Å². The molecule has 0 aliphatic carbocycles. The van der Waals surface area contributed by atoms with Gasteiger partial charge in [-0.3, -0.25) is 14.9 Å². The van der Waals surface area contributed by atoms with Gasteiger partial charge in [-0.15, -0.1) is 0 Å². The quantitative estimate of drug-likeness (QED) is 0.399. The minimum absolute atomic E-state index is 0.00103. The van der Waals surface area contributed by atoms with Crippen LogP contribution in [-0.4, -0.2) is 34.9 Å². The van der Waals surface area contributed by atoms with Crippen LogP contribution < -0.4 is 14.9 Å².